The molecule has 2 saturated heterocycles. The number of likely N-dealkylation sites (tertiary alicyclic amines) is 1. The second-order valence-corrected chi connectivity index (χ2v) is 6.75. The van der Waals surface area contributed by atoms with E-state index in [1.807, 2.05) is 24.2 Å². The lowest BCUT2D eigenvalue weighted by Crippen LogP contribution is -2.41. The van der Waals surface area contributed by atoms with E-state index < -0.39 is 0 Å². The molecule has 0 saturated carbocycles. The maximum Gasteiger partial charge on any atom is 0.323 e. The highest BCUT2D eigenvalue weighted by molar-refractivity contribution is 5.88. The third kappa shape index (κ3) is 3.26. The van der Waals surface area contributed by atoms with E-state index in [0.29, 0.717) is 5.82 Å². The van der Waals surface area contributed by atoms with Gasteiger partial charge in [-0.05, 0) is 32.1 Å². The molecule has 25 heavy (non-hydrogen) atoms. The number of nitrogens with one attached hydrogen (secondary N) is 2. The Bertz CT molecular complexity index is 720. The summed E-state index contributed by atoms with van der Waals surface area (Å²) in [5.41, 5.74) is 1.94. The van der Waals surface area contributed by atoms with E-state index in [9.17, 15) is 4.79 Å². The number of carbonyl (C=O) groups excluding carboxylic acids is 1. The SMILES string of the molecule is Cn1nc([C@H]2CCCO2)cc1NC(=O)N1CCCC[C@H]1c1cn[nH]c1. The minimum absolute atomic E-state index is 0.0468. The van der Waals surface area contributed by atoms with Crippen molar-refractivity contribution in [2.75, 3.05) is 18.5 Å². The summed E-state index contributed by atoms with van der Waals surface area (Å²) >= 11 is 0. The molecule has 0 aliphatic carbocycles. The van der Waals surface area contributed by atoms with Gasteiger partial charge in [0.15, 0.2) is 0 Å². The Labute approximate surface area is 146 Å². The van der Waals surface area contributed by atoms with Gasteiger partial charge in [-0.1, -0.05) is 0 Å². The van der Waals surface area contributed by atoms with Crippen LogP contribution in [0.5, 0.6) is 0 Å². The van der Waals surface area contributed by atoms with Gasteiger partial charge in [0.05, 0.1) is 17.9 Å². The van der Waals surface area contributed by atoms with Crippen LogP contribution in [0.3, 0.4) is 0 Å². The topological polar surface area (TPSA) is 88.1 Å². The second-order valence-electron chi connectivity index (χ2n) is 6.75. The zero-order valence-electron chi connectivity index (χ0n) is 14.4. The molecule has 4 rings (SSSR count). The monoisotopic (exact) mass is 344 g/mol. The number of nitrogens with zero attached hydrogens (tertiary/aromatic N) is 4. The van der Waals surface area contributed by atoms with Gasteiger partial charge in [0.2, 0.25) is 0 Å². The third-order valence-corrected chi connectivity index (χ3v) is 5.06. The van der Waals surface area contributed by atoms with Crippen molar-refractivity contribution in [1.82, 2.24) is 24.9 Å². The van der Waals surface area contributed by atoms with E-state index in [-0.39, 0.29) is 18.2 Å². The molecule has 134 valence electrons. The summed E-state index contributed by atoms with van der Waals surface area (Å²) in [4.78, 5) is 14.8. The number of urea groups is 1. The number of hydrogen-bond acceptors (Lipinski definition) is 4. The Kier molecular flexibility index (Phi) is 4.44. The molecule has 8 nitrogen and oxygen atoms in total. The van der Waals surface area contributed by atoms with Gasteiger partial charge in [0, 0.05) is 38.0 Å². The van der Waals surface area contributed by atoms with Crippen molar-refractivity contribution in [3.05, 3.63) is 29.7 Å². The van der Waals surface area contributed by atoms with Gasteiger partial charge in [-0.15, -0.1) is 0 Å². The average molecular weight is 344 g/mol. The first kappa shape index (κ1) is 16.1. The molecule has 2 aliphatic heterocycles. The fraction of sp³-hybridized carbons (Fsp3) is 0.588. The Balaban J connectivity index is 1.49. The van der Waals surface area contributed by atoms with Crippen molar-refractivity contribution >= 4 is 11.8 Å². The summed E-state index contributed by atoms with van der Waals surface area (Å²) in [6.07, 6.45) is 8.86. The van der Waals surface area contributed by atoms with Crippen molar-refractivity contribution in [1.29, 1.82) is 0 Å². The quantitative estimate of drug-likeness (QED) is 0.896. The lowest BCUT2D eigenvalue weighted by molar-refractivity contribution is 0.108. The minimum Gasteiger partial charge on any atom is -0.372 e. The van der Waals surface area contributed by atoms with Crippen LogP contribution in [-0.2, 0) is 11.8 Å². The predicted octanol–water partition coefficient (Wildman–Crippen LogP) is 2.75. The van der Waals surface area contributed by atoms with Crippen molar-refractivity contribution in [3.8, 4) is 0 Å². The zero-order valence-corrected chi connectivity index (χ0v) is 14.4. The summed E-state index contributed by atoms with van der Waals surface area (Å²) in [7, 11) is 1.85. The van der Waals surface area contributed by atoms with Crippen LogP contribution >= 0.6 is 0 Å². The van der Waals surface area contributed by atoms with Crippen LogP contribution in [-0.4, -0.2) is 44.1 Å². The van der Waals surface area contributed by atoms with Gasteiger partial charge in [-0.3, -0.25) is 15.1 Å². The maximum atomic E-state index is 12.9. The van der Waals surface area contributed by atoms with Crippen LogP contribution < -0.4 is 5.32 Å². The van der Waals surface area contributed by atoms with Gasteiger partial charge in [-0.25, -0.2) is 4.79 Å². The van der Waals surface area contributed by atoms with Crippen molar-refractivity contribution in [2.24, 2.45) is 7.05 Å². The first-order valence-electron chi connectivity index (χ1n) is 8.94. The van der Waals surface area contributed by atoms with Crippen LogP contribution in [0.4, 0.5) is 10.6 Å². The molecule has 2 fully saturated rings. The van der Waals surface area contributed by atoms with Gasteiger partial charge in [-0.2, -0.15) is 10.2 Å². The minimum atomic E-state index is -0.0900. The summed E-state index contributed by atoms with van der Waals surface area (Å²) < 4.78 is 7.40. The van der Waals surface area contributed by atoms with E-state index in [0.717, 1.165) is 56.5 Å². The van der Waals surface area contributed by atoms with Gasteiger partial charge in [0.1, 0.15) is 11.9 Å². The average Bonchev–Trinajstić information content (AvgIpc) is 3.37. The number of aryl methyl sites for hydroxylation is 1. The van der Waals surface area contributed by atoms with Crippen molar-refractivity contribution in [3.63, 3.8) is 0 Å². The molecule has 0 bridgehead atoms. The van der Waals surface area contributed by atoms with Crippen LogP contribution in [0.25, 0.3) is 0 Å². The molecule has 2 aliphatic rings. The van der Waals surface area contributed by atoms with Gasteiger partial charge >= 0.3 is 6.03 Å². The lowest BCUT2D eigenvalue weighted by atomic mass is 9.98. The number of aromatic amines is 1. The Morgan fingerprint density at radius 1 is 1.36 bits per heavy atom. The lowest BCUT2D eigenvalue weighted by Gasteiger charge is -2.35. The van der Waals surface area contributed by atoms with Crippen molar-refractivity contribution < 1.29 is 9.53 Å². The number of H-pyrrole nitrogens is 1. The summed E-state index contributed by atoms with van der Waals surface area (Å²) in [6.45, 7) is 1.53. The summed E-state index contributed by atoms with van der Waals surface area (Å²) in [5, 5.41) is 14.4. The molecule has 8 heteroatoms. The molecule has 2 atom stereocenters. The van der Waals surface area contributed by atoms with Crippen molar-refractivity contribution in [2.45, 2.75) is 44.2 Å². The highest BCUT2D eigenvalue weighted by atomic mass is 16.5. The summed E-state index contributed by atoms with van der Waals surface area (Å²) in [6, 6.07) is 1.90. The maximum absolute atomic E-state index is 12.9. The van der Waals surface area contributed by atoms with Crippen LogP contribution in [0.15, 0.2) is 18.5 Å². The number of hydrogen-bond donors (Lipinski definition) is 2. The second kappa shape index (κ2) is 6.87. The molecule has 2 aromatic heterocycles. The largest absolute Gasteiger partial charge is 0.372 e. The molecule has 0 unspecified atom stereocenters. The number of ether oxygens (including phenoxy) is 1. The molecule has 2 aromatic rings. The van der Waals surface area contributed by atoms with Crippen LogP contribution in [0, 0.1) is 0 Å². The molecule has 2 amide bonds. The van der Waals surface area contributed by atoms with E-state index in [4.69, 9.17) is 4.74 Å². The smallest absolute Gasteiger partial charge is 0.323 e. The number of amides is 2. The number of anilines is 1. The molecular formula is C17H24N6O2. The Hall–Kier alpha value is -2.35. The molecule has 0 aromatic carbocycles. The standard InChI is InChI=1S/C17H24N6O2/c1-22-16(9-13(21-22)15-6-4-8-25-15)20-17(24)23-7-3-2-5-14(23)12-10-18-19-11-12/h9-11,14-15H,2-8H2,1H3,(H,18,19)(H,20,24)/t14-,15+/m0/s1. The third-order valence-electron chi connectivity index (χ3n) is 5.06. The molecule has 0 radical (unpaired) electrons. The number of rotatable bonds is 3. The first-order valence-corrected chi connectivity index (χ1v) is 8.94. The van der Waals surface area contributed by atoms with E-state index in [1.54, 1.807) is 10.9 Å². The van der Waals surface area contributed by atoms with Gasteiger partial charge in [0.25, 0.3) is 0 Å². The van der Waals surface area contributed by atoms with Crippen LogP contribution in [0.1, 0.15) is 55.5 Å². The highest BCUT2D eigenvalue weighted by Gasteiger charge is 2.29. The van der Waals surface area contributed by atoms with E-state index in [2.05, 4.69) is 20.6 Å². The summed E-state index contributed by atoms with van der Waals surface area (Å²) in [5.74, 6) is 0.701. The number of aromatic nitrogens is 4. The molecule has 2 N–H and O–H groups in total. The molecule has 4 heterocycles. The molecular weight excluding hydrogens is 320 g/mol. The number of carbonyl (C=O) groups is 1. The fourth-order valence-electron chi connectivity index (χ4n) is 3.72. The highest BCUT2D eigenvalue weighted by Crippen LogP contribution is 2.32. The van der Waals surface area contributed by atoms with Gasteiger partial charge < -0.3 is 9.64 Å². The Morgan fingerprint density at radius 3 is 3.04 bits per heavy atom. The predicted molar refractivity (Wildman–Crippen MR) is 92.0 cm³/mol. The fourth-order valence-corrected chi connectivity index (χ4v) is 3.72. The first-order chi connectivity index (χ1) is 12.2. The number of piperidine rings is 1. The van der Waals surface area contributed by atoms with E-state index >= 15 is 0 Å². The molecule has 0 spiro atoms. The van der Waals surface area contributed by atoms with E-state index in [1.165, 1.54) is 0 Å². The Morgan fingerprint density at radius 2 is 2.28 bits per heavy atom. The normalized spacial score (nSPS) is 23.8. The van der Waals surface area contributed by atoms with Crippen LogP contribution in [0.2, 0.25) is 0 Å². The zero-order chi connectivity index (χ0) is 17.2.